The molecular formula is C24H24ClFN2O4. The summed E-state index contributed by atoms with van der Waals surface area (Å²) < 4.78 is 31.5. The highest BCUT2D eigenvalue weighted by atomic mass is 35.5. The Morgan fingerprint density at radius 1 is 1.19 bits per heavy atom. The fourth-order valence-electron chi connectivity index (χ4n) is 3.86. The first-order valence-electron chi connectivity index (χ1n) is 10.6. The van der Waals surface area contributed by atoms with Gasteiger partial charge in [0.05, 0.1) is 17.2 Å². The second-order valence-electron chi connectivity index (χ2n) is 7.55. The second-order valence-corrected chi connectivity index (χ2v) is 7.96. The predicted molar refractivity (Wildman–Crippen MR) is 119 cm³/mol. The van der Waals surface area contributed by atoms with Crippen LogP contribution in [0.25, 0.3) is 11.3 Å². The summed E-state index contributed by atoms with van der Waals surface area (Å²) in [4.78, 5) is 15.0. The summed E-state index contributed by atoms with van der Waals surface area (Å²) in [6.07, 6.45) is 1.28. The first-order valence-corrected chi connectivity index (χ1v) is 11.0. The number of halogens is 2. The number of carbonyl (C=O) groups excluding carboxylic acids is 1. The molecule has 1 aliphatic heterocycles. The maximum absolute atomic E-state index is 14.5. The number of amides is 1. The fraction of sp³-hybridized carbons (Fsp3) is 0.333. The third-order valence-electron chi connectivity index (χ3n) is 5.45. The van der Waals surface area contributed by atoms with Crippen LogP contribution in [0.4, 0.5) is 4.39 Å². The number of hydrogen-bond donors (Lipinski definition) is 0. The van der Waals surface area contributed by atoms with Gasteiger partial charge < -0.3 is 18.9 Å². The molecule has 0 aliphatic carbocycles. The Morgan fingerprint density at radius 2 is 1.91 bits per heavy atom. The van der Waals surface area contributed by atoms with Gasteiger partial charge in [0.15, 0.2) is 11.5 Å². The molecule has 4 rings (SSSR count). The van der Waals surface area contributed by atoms with Crippen LogP contribution in [0.15, 0.2) is 47.0 Å². The van der Waals surface area contributed by atoms with Crippen molar-refractivity contribution in [3.8, 4) is 22.8 Å². The number of hydrogen-bond acceptors (Lipinski definition) is 5. The molecule has 1 aliphatic rings. The number of nitrogens with zero attached hydrogens (tertiary/aromatic N) is 2. The van der Waals surface area contributed by atoms with Gasteiger partial charge in [-0.25, -0.2) is 4.39 Å². The van der Waals surface area contributed by atoms with Gasteiger partial charge in [-0.05, 0) is 38.1 Å². The van der Waals surface area contributed by atoms with E-state index in [-0.39, 0.29) is 33.9 Å². The molecule has 1 fully saturated rings. The first kappa shape index (κ1) is 22.1. The van der Waals surface area contributed by atoms with Crippen LogP contribution in [0.3, 0.4) is 0 Å². The smallest absolute Gasteiger partial charge is 0.259 e. The Bertz CT molecular complexity index is 1090. The largest absolute Gasteiger partial charge is 0.490 e. The number of likely N-dealkylation sites (tertiary alicyclic amines) is 1. The Kier molecular flexibility index (Phi) is 6.65. The quantitative estimate of drug-likeness (QED) is 0.486. The molecule has 0 unspecified atom stereocenters. The molecule has 0 atom stereocenters. The molecule has 0 bridgehead atoms. The maximum atomic E-state index is 14.5. The number of rotatable bonds is 6. The topological polar surface area (TPSA) is 64.8 Å². The molecule has 3 aromatic rings. The van der Waals surface area contributed by atoms with Crippen LogP contribution in [0.1, 0.15) is 35.9 Å². The molecule has 168 valence electrons. The van der Waals surface area contributed by atoms with Crippen LogP contribution in [0.2, 0.25) is 5.02 Å². The minimum Gasteiger partial charge on any atom is -0.490 e. The van der Waals surface area contributed by atoms with Crippen molar-refractivity contribution >= 4 is 17.5 Å². The summed E-state index contributed by atoms with van der Waals surface area (Å²) in [5, 5.41) is 4.11. The van der Waals surface area contributed by atoms with Crippen molar-refractivity contribution in [2.24, 2.45) is 0 Å². The Hall–Kier alpha value is -3.06. The van der Waals surface area contributed by atoms with Crippen molar-refractivity contribution in [3.05, 3.63) is 64.6 Å². The molecular weight excluding hydrogens is 435 g/mol. The monoisotopic (exact) mass is 458 g/mol. The molecule has 32 heavy (non-hydrogen) atoms. The highest BCUT2D eigenvalue weighted by molar-refractivity contribution is 6.33. The van der Waals surface area contributed by atoms with Crippen LogP contribution in [0.5, 0.6) is 11.5 Å². The van der Waals surface area contributed by atoms with Gasteiger partial charge in [-0.1, -0.05) is 35.0 Å². The van der Waals surface area contributed by atoms with Gasteiger partial charge in [0.1, 0.15) is 28.9 Å². The van der Waals surface area contributed by atoms with Crippen molar-refractivity contribution in [2.75, 3.05) is 19.7 Å². The van der Waals surface area contributed by atoms with Gasteiger partial charge >= 0.3 is 0 Å². The van der Waals surface area contributed by atoms with E-state index in [1.54, 1.807) is 17.9 Å². The fourth-order valence-corrected chi connectivity index (χ4v) is 4.11. The molecule has 2 heterocycles. The van der Waals surface area contributed by atoms with Gasteiger partial charge in [0.2, 0.25) is 0 Å². The van der Waals surface area contributed by atoms with Crippen molar-refractivity contribution in [1.29, 1.82) is 0 Å². The Labute approximate surface area is 190 Å². The number of para-hydroxylation sites is 2. The number of benzene rings is 2. The zero-order valence-corrected chi connectivity index (χ0v) is 18.7. The molecule has 1 saturated heterocycles. The third kappa shape index (κ3) is 4.43. The van der Waals surface area contributed by atoms with Crippen LogP contribution < -0.4 is 9.47 Å². The highest BCUT2D eigenvalue weighted by Gasteiger charge is 2.31. The van der Waals surface area contributed by atoms with E-state index in [0.717, 1.165) is 0 Å². The molecule has 2 aromatic carbocycles. The normalized spacial score (nSPS) is 14.4. The van der Waals surface area contributed by atoms with E-state index in [1.165, 1.54) is 12.1 Å². The standard InChI is InChI=1S/C24H24ClFN2O4/c1-3-30-19-9-4-5-10-20(19)31-16-11-13-28(14-12-16)24(29)21-15(2)32-27-23(21)22-17(25)7-6-8-18(22)26/h4-10,16H,3,11-14H2,1-2H3. The van der Waals surface area contributed by atoms with E-state index in [0.29, 0.717) is 49.8 Å². The molecule has 0 saturated carbocycles. The van der Waals surface area contributed by atoms with Gasteiger partial charge in [0.25, 0.3) is 5.91 Å². The number of ether oxygens (including phenoxy) is 2. The molecule has 8 heteroatoms. The van der Waals surface area contributed by atoms with Gasteiger partial charge in [-0.15, -0.1) is 0 Å². The lowest BCUT2D eigenvalue weighted by Gasteiger charge is -2.32. The lowest BCUT2D eigenvalue weighted by Crippen LogP contribution is -2.42. The Balaban J connectivity index is 1.48. The average molecular weight is 459 g/mol. The lowest BCUT2D eigenvalue weighted by molar-refractivity contribution is 0.0588. The number of aryl methyl sites for hydroxylation is 1. The van der Waals surface area contributed by atoms with Crippen LogP contribution in [0, 0.1) is 12.7 Å². The third-order valence-corrected chi connectivity index (χ3v) is 5.76. The lowest BCUT2D eigenvalue weighted by atomic mass is 10.0. The molecule has 1 aromatic heterocycles. The minimum absolute atomic E-state index is 0.0373. The zero-order valence-electron chi connectivity index (χ0n) is 17.9. The van der Waals surface area contributed by atoms with Gasteiger partial charge in [-0.2, -0.15) is 0 Å². The van der Waals surface area contributed by atoms with E-state index < -0.39 is 5.82 Å². The van der Waals surface area contributed by atoms with E-state index >= 15 is 0 Å². The van der Waals surface area contributed by atoms with Crippen molar-refractivity contribution in [3.63, 3.8) is 0 Å². The van der Waals surface area contributed by atoms with Crippen LogP contribution in [-0.2, 0) is 0 Å². The Morgan fingerprint density at radius 3 is 2.59 bits per heavy atom. The van der Waals surface area contributed by atoms with Gasteiger partial charge in [0, 0.05) is 25.9 Å². The molecule has 0 spiro atoms. The van der Waals surface area contributed by atoms with E-state index in [9.17, 15) is 9.18 Å². The molecule has 0 radical (unpaired) electrons. The SMILES string of the molecule is CCOc1ccccc1OC1CCN(C(=O)c2c(-c3c(F)cccc3Cl)noc2C)CC1. The average Bonchev–Trinajstić information content (AvgIpc) is 3.16. The van der Waals surface area contributed by atoms with Crippen molar-refractivity contribution in [2.45, 2.75) is 32.8 Å². The van der Waals surface area contributed by atoms with Crippen molar-refractivity contribution < 1.29 is 23.2 Å². The predicted octanol–water partition coefficient (Wildman–Crippen LogP) is 5.52. The molecule has 0 N–H and O–H groups in total. The first-order chi connectivity index (χ1) is 15.5. The summed E-state index contributed by atoms with van der Waals surface area (Å²) in [5.74, 6) is 0.921. The number of carbonyl (C=O) groups is 1. The van der Waals surface area contributed by atoms with E-state index in [1.807, 2.05) is 31.2 Å². The van der Waals surface area contributed by atoms with Crippen LogP contribution >= 0.6 is 11.6 Å². The number of aromatic nitrogens is 1. The van der Waals surface area contributed by atoms with E-state index in [4.69, 9.17) is 25.6 Å². The summed E-state index contributed by atoms with van der Waals surface area (Å²) in [7, 11) is 0. The van der Waals surface area contributed by atoms with Gasteiger partial charge in [-0.3, -0.25) is 4.79 Å². The minimum atomic E-state index is -0.556. The van der Waals surface area contributed by atoms with E-state index in [2.05, 4.69) is 5.16 Å². The zero-order chi connectivity index (χ0) is 22.7. The van der Waals surface area contributed by atoms with Crippen LogP contribution in [-0.4, -0.2) is 41.8 Å². The van der Waals surface area contributed by atoms with Crippen molar-refractivity contribution in [1.82, 2.24) is 10.1 Å². The molecule has 1 amide bonds. The highest BCUT2D eigenvalue weighted by Crippen LogP contribution is 2.35. The summed E-state index contributed by atoms with van der Waals surface area (Å²) in [6.45, 7) is 5.11. The summed E-state index contributed by atoms with van der Waals surface area (Å²) >= 11 is 6.19. The number of piperidine rings is 1. The summed E-state index contributed by atoms with van der Waals surface area (Å²) in [5.41, 5.74) is 0.429. The molecule has 6 nitrogen and oxygen atoms in total. The maximum Gasteiger partial charge on any atom is 0.259 e. The summed E-state index contributed by atoms with van der Waals surface area (Å²) in [6, 6.07) is 11.9. The second kappa shape index (κ2) is 9.61.